The van der Waals surface area contributed by atoms with Gasteiger partial charge in [0.05, 0.1) is 20.6 Å². The smallest absolute Gasteiger partial charge is 0.250 e. The van der Waals surface area contributed by atoms with Gasteiger partial charge in [0, 0.05) is 7.11 Å². The summed E-state index contributed by atoms with van der Waals surface area (Å²) < 4.78 is 5.46. The minimum Gasteiger partial charge on any atom is -0.327 e. The van der Waals surface area contributed by atoms with Crippen molar-refractivity contribution in [3.05, 3.63) is 12.7 Å². The van der Waals surface area contributed by atoms with Crippen molar-refractivity contribution >= 4 is 6.29 Å². The molecular weight excluding hydrogens is 142 g/mol. The third-order valence-electron chi connectivity index (χ3n) is 1.65. The molecular formula is C8H16NO2+. The fraction of sp³-hybridized carbons (Fsp3) is 0.625. The molecule has 0 aliphatic rings. The highest BCUT2D eigenvalue weighted by Gasteiger charge is 2.25. The van der Waals surface area contributed by atoms with Gasteiger partial charge < -0.3 is 4.74 Å². The molecule has 0 radical (unpaired) electrons. The van der Waals surface area contributed by atoms with Gasteiger partial charge in [0.2, 0.25) is 12.5 Å². The summed E-state index contributed by atoms with van der Waals surface area (Å²) in [6, 6.07) is 0. The van der Waals surface area contributed by atoms with Crippen molar-refractivity contribution in [2.75, 3.05) is 27.7 Å². The first-order valence-corrected chi connectivity index (χ1v) is 3.50. The number of likely N-dealkylation sites (N-methyl/N-ethyl adjacent to an activating group) is 1. The Labute approximate surface area is 67.8 Å². The van der Waals surface area contributed by atoms with Gasteiger partial charge in [-0.3, -0.25) is 9.28 Å². The fourth-order valence-electron chi connectivity index (χ4n) is 0.942. The van der Waals surface area contributed by atoms with Crippen molar-refractivity contribution in [1.82, 2.24) is 0 Å². The number of nitrogens with zero attached hydrogens (tertiary/aromatic N) is 1. The topological polar surface area (TPSA) is 26.3 Å². The summed E-state index contributed by atoms with van der Waals surface area (Å²) in [5, 5.41) is 0. The number of methoxy groups -OCH3 is 1. The van der Waals surface area contributed by atoms with E-state index in [0.29, 0.717) is 4.48 Å². The molecule has 3 nitrogen and oxygen atoms in total. The molecule has 11 heavy (non-hydrogen) atoms. The van der Waals surface area contributed by atoms with Crippen LogP contribution < -0.4 is 0 Å². The lowest BCUT2D eigenvalue weighted by atomic mass is 10.4. The molecule has 0 aliphatic heterocycles. The van der Waals surface area contributed by atoms with Crippen molar-refractivity contribution in [2.24, 2.45) is 0 Å². The number of carbonyl (C=O) groups is 1. The van der Waals surface area contributed by atoms with E-state index in [9.17, 15) is 4.79 Å². The van der Waals surface area contributed by atoms with Crippen molar-refractivity contribution in [3.8, 4) is 0 Å². The van der Waals surface area contributed by atoms with Crippen LogP contribution in [-0.4, -0.2) is 44.7 Å². The third-order valence-corrected chi connectivity index (χ3v) is 1.65. The van der Waals surface area contributed by atoms with E-state index in [0.717, 1.165) is 12.8 Å². The van der Waals surface area contributed by atoms with E-state index in [4.69, 9.17) is 4.74 Å². The van der Waals surface area contributed by atoms with Gasteiger partial charge in [-0.15, -0.1) is 0 Å². The van der Waals surface area contributed by atoms with Crippen LogP contribution in [0.4, 0.5) is 0 Å². The van der Waals surface area contributed by atoms with Crippen molar-refractivity contribution in [3.63, 3.8) is 0 Å². The number of hydrogen-bond acceptors (Lipinski definition) is 2. The maximum atomic E-state index is 10.5. The molecule has 0 N–H and O–H groups in total. The minimum atomic E-state index is -0.395. The van der Waals surface area contributed by atoms with Gasteiger partial charge in [-0.05, 0) is 6.08 Å². The van der Waals surface area contributed by atoms with Crippen LogP contribution in [-0.2, 0) is 9.53 Å². The van der Waals surface area contributed by atoms with Crippen LogP contribution in [0.3, 0.4) is 0 Å². The van der Waals surface area contributed by atoms with Gasteiger partial charge in [-0.25, -0.2) is 0 Å². The molecule has 1 atom stereocenters. The highest BCUT2D eigenvalue weighted by molar-refractivity contribution is 5.53. The van der Waals surface area contributed by atoms with Crippen LogP contribution >= 0.6 is 0 Å². The van der Waals surface area contributed by atoms with E-state index in [1.54, 1.807) is 6.08 Å². The van der Waals surface area contributed by atoms with Gasteiger partial charge in [0.15, 0.2) is 0 Å². The Bertz CT molecular complexity index is 143. The van der Waals surface area contributed by atoms with Crippen LogP contribution in [0.2, 0.25) is 0 Å². The second-order valence-corrected chi connectivity index (χ2v) is 3.01. The van der Waals surface area contributed by atoms with Crippen LogP contribution in [0.15, 0.2) is 12.7 Å². The molecule has 0 bridgehead atoms. The largest absolute Gasteiger partial charge is 0.327 e. The van der Waals surface area contributed by atoms with Crippen LogP contribution in [0.1, 0.15) is 0 Å². The summed E-state index contributed by atoms with van der Waals surface area (Å²) >= 11 is 0. The SMILES string of the molecule is C=CC[N+](C)(C)C(C=O)OC. The quantitative estimate of drug-likeness (QED) is 0.251. The first kappa shape index (κ1) is 10.3. The Balaban J connectivity index is 4.22. The predicted octanol–water partition coefficient (Wildman–Crippen LogP) is 0.420. The van der Waals surface area contributed by atoms with E-state index < -0.39 is 6.23 Å². The fourth-order valence-corrected chi connectivity index (χ4v) is 0.942. The molecule has 0 aromatic carbocycles. The standard InChI is InChI=1S/C8H16NO2/c1-5-6-9(2,3)8(7-10)11-4/h5,7-8H,1,6H2,2-4H3/q+1. The molecule has 1 unspecified atom stereocenters. The highest BCUT2D eigenvalue weighted by atomic mass is 16.5. The molecule has 0 spiro atoms. The second-order valence-electron chi connectivity index (χ2n) is 3.01. The molecule has 64 valence electrons. The monoisotopic (exact) mass is 158 g/mol. The first-order valence-electron chi connectivity index (χ1n) is 3.50. The number of rotatable bonds is 5. The number of quaternary nitrogens is 1. The third kappa shape index (κ3) is 2.82. The van der Waals surface area contributed by atoms with Crippen LogP contribution in [0.25, 0.3) is 0 Å². The predicted molar refractivity (Wildman–Crippen MR) is 44.0 cm³/mol. The Kier molecular flexibility index (Phi) is 4.00. The Morgan fingerprint density at radius 2 is 2.18 bits per heavy atom. The van der Waals surface area contributed by atoms with Crippen molar-refractivity contribution < 1.29 is 14.0 Å². The second kappa shape index (κ2) is 4.26. The number of aldehydes is 1. The maximum absolute atomic E-state index is 10.5. The average Bonchev–Trinajstić information content (AvgIpc) is 1.89. The van der Waals surface area contributed by atoms with E-state index in [-0.39, 0.29) is 0 Å². The zero-order valence-electron chi connectivity index (χ0n) is 7.41. The lowest BCUT2D eigenvalue weighted by Crippen LogP contribution is -2.50. The van der Waals surface area contributed by atoms with Gasteiger partial charge >= 0.3 is 0 Å². The van der Waals surface area contributed by atoms with E-state index in [2.05, 4.69) is 6.58 Å². The van der Waals surface area contributed by atoms with Gasteiger partial charge in [0.1, 0.15) is 0 Å². The van der Waals surface area contributed by atoms with Crippen LogP contribution in [0, 0.1) is 0 Å². The summed E-state index contributed by atoms with van der Waals surface area (Å²) in [4.78, 5) is 10.5. The molecule has 0 fully saturated rings. The molecule has 0 rings (SSSR count). The van der Waals surface area contributed by atoms with Crippen molar-refractivity contribution in [2.45, 2.75) is 6.23 Å². The molecule has 0 amide bonds. The Hall–Kier alpha value is -0.670. The molecule has 0 saturated heterocycles. The normalized spacial score (nSPS) is 14.1. The average molecular weight is 158 g/mol. The lowest BCUT2D eigenvalue weighted by molar-refractivity contribution is -0.920. The molecule has 0 aromatic heterocycles. The first-order chi connectivity index (χ1) is 5.08. The zero-order valence-corrected chi connectivity index (χ0v) is 7.41. The Morgan fingerprint density at radius 1 is 1.64 bits per heavy atom. The Morgan fingerprint density at radius 3 is 2.45 bits per heavy atom. The zero-order chi connectivity index (χ0) is 8.91. The van der Waals surface area contributed by atoms with Gasteiger partial charge in [-0.2, -0.15) is 0 Å². The van der Waals surface area contributed by atoms with E-state index in [1.165, 1.54) is 7.11 Å². The molecule has 0 aromatic rings. The molecule has 0 saturated carbocycles. The van der Waals surface area contributed by atoms with E-state index in [1.807, 2.05) is 14.1 Å². The van der Waals surface area contributed by atoms with Gasteiger partial charge in [0.25, 0.3) is 0 Å². The lowest BCUT2D eigenvalue weighted by Gasteiger charge is -2.32. The highest BCUT2D eigenvalue weighted by Crippen LogP contribution is 2.04. The molecule has 0 heterocycles. The summed E-state index contributed by atoms with van der Waals surface area (Å²) in [6.07, 6.45) is 2.19. The van der Waals surface area contributed by atoms with Crippen molar-refractivity contribution in [1.29, 1.82) is 0 Å². The summed E-state index contributed by atoms with van der Waals surface area (Å²) in [5.41, 5.74) is 0. The molecule has 3 heteroatoms. The summed E-state index contributed by atoms with van der Waals surface area (Å²) in [7, 11) is 5.37. The summed E-state index contributed by atoms with van der Waals surface area (Å²) in [6.45, 7) is 4.33. The number of ether oxygens (including phenoxy) is 1. The van der Waals surface area contributed by atoms with Crippen LogP contribution in [0.5, 0.6) is 0 Å². The number of carbonyl (C=O) groups excluding carboxylic acids is 1. The van der Waals surface area contributed by atoms with Gasteiger partial charge in [-0.1, -0.05) is 6.58 Å². The van der Waals surface area contributed by atoms with E-state index >= 15 is 0 Å². The summed E-state index contributed by atoms with van der Waals surface area (Å²) in [5.74, 6) is 0. The molecule has 0 aliphatic carbocycles. The number of hydrogen-bond donors (Lipinski definition) is 0. The minimum absolute atomic E-state index is 0.395. The maximum Gasteiger partial charge on any atom is 0.250 e.